The van der Waals surface area contributed by atoms with E-state index in [1.807, 2.05) is 32.0 Å². The topological polar surface area (TPSA) is 70.9 Å². The molecule has 2 aromatic rings. The summed E-state index contributed by atoms with van der Waals surface area (Å²) in [6, 6.07) is 8.86. The molecule has 1 amide bonds. The van der Waals surface area contributed by atoms with Crippen LogP contribution in [0.25, 0.3) is 0 Å². The smallest absolute Gasteiger partial charge is 0.277 e. The Hall–Kier alpha value is -1.86. The lowest BCUT2D eigenvalue weighted by Crippen LogP contribution is -2.24. The first-order valence-corrected chi connectivity index (χ1v) is 8.65. The Bertz CT molecular complexity index is 792. The molecule has 0 unspecified atom stereocenters. The number of phenolic OH excluding ortho intramolecular Hbond substituents is 1. The molecule has 2 rings (SSSR count). The van der Waals surface area contributed by atoms with Gasteiger partial charge in [-0.2, -0.15) is 5.10 Å². The molecule has 2 aromatic carbocycles. The summed E-state index contributed by atoms with van der Waals surface area (Å²) in [5.41, 5.74) is 5.28. The molecule has 0 atom stereocenters. The summed E-state index contributed by atoms with van der Waals surface area (Å²) in [6.45, 7) is 3.86. The first-order valence-electron chi connectivity index (χ1n) is 7.07. The maximum absolute atomic E-state index is 11.7. The van der Waals surface area contributed by atoms with Crippen molar-refractivity contribution in [2.24, 2.45) is 5.10 Å². The minimum atomic E-state index is -0.373. The summed E-state index contributed by atoms with van der Waals surface area (Å²) in [5.74, 6) is 0.351. The van der Waals surface area contributed by atoms with Crippen LogP contribution in [0.4, 0.5) is 0 Å². The monoisotopic (exact) mass is 454 g/mol. The van der Waals surface area contributed by atoms with E-state index in [0.717, 1.165) is 10.0 Å². The normalized spacial score (nSPS) is 10.8. The van der Waals surface area contributed by atoms with Crippen LogP contribution in [0.2, 0.25) is 0 Å². The maximum Gasteiger partial charge on any atom is 0.277 e. The van der Waals surface area contributed by atoms with E-state index in [2.05, 4.69) is 42.4 Å². The van der Waals surface area contributed by atoms with E-state index in [1.165, 1.54) is 17.8 Å². The molecular weight excluding hydrogens is 440 g/mol. The van der Waals surface area contributed by atoms with E-state index in [1.54, 1.807) is 6.07 Å². The zero-order valence-corrected chi connectivity index (χ0v) is 16.3. The first kappa shape index (κ1) is 18.5. The Labute approximate surface area is 157 Å². The minimum Gasteiger partial charge on any atom is -0.507 e. The van der Waals surface area contributed by atoms with Crippen molar-refractivity contribution in [1.82, 2.24) is 5.43 Å². The second kappa shape index (κ2) is 8.30. The van der Waals surface area contributed by atoms with Crippen molar-refractivity contribution in [2.45, 2.75) is 13.8 Å². The van der Waals surface area contributed by atoms with Crippen LogP contribution in [-0.4, -0.2) is 23.8 Å². The van der Waals surface area contributed by atoms with E-state index in [9.17, 15) is 9.90 Å². The second-order valence-corrected chi connectivity index (χ2v) is 6.86. The van der Waals surface area contributed by atoms with Gasteiger partial charge in [-0.1, -0.05) is 22.0 Å². The third-order valence-corrected chi connectivity index (χ3v) is 4.63. The molecule has 24 heavy (non-hydrogen) atoms. The predicted octanol–water partition coefficient (Wildman–Crippen LogP) is 4.06. The van der Waals surface area contributed by atoms with Gasteiger partial charge in [-0.25, -0.2) is 5.43 Å². The number of halogens is 2. The van der Waals surface area contributed by atoms with Gasteiger partial charge in [-0.05, 0) is 65.2 Å². The molecule has 7 heteroatoms. The molecule has 0 aliphatic heterocycles. The highest BCUT2D eigenvalue weighted by Crippen LogP contribution is 2.29. The van der Waals surface area contributed by atoms with Crippen molar-refractivity contribution >= 4 is 44.0 Å². The molecular formula is C17H16Br2N2O3. The van der Waals surface area contributed by atoms with E-state index in [0.29, 0.717) is 15.8 Å². The van der Waals surface area contributed by atoms with Crippen LogP contribution in [-0.2, 0) is 4.79 Å². The molecule has 0 saturated heterocycles. The predicted molar refractivity (Wildman–Crippen MR) is 101 cm³/mol. The number of nitrogens with one attached hydrogen (secondary N) is 1. The summed E-state index contributed by atoms with van der Waals surface area (Å²) < 4.78 is 6.72. The van der Waals surface area contributed by atoms with Crippen molar-refractivity contribution in [2.75, 3.05) is 6.61 Å². The van der Waals surface area contributed by atoms with Crippen molar-refractivity contribution in [3.8, 4) is 11.5 Å². The average Bonchev–Trinajstić information content (AvgIpc) is 2.53. The van der Waals surface area contributed by atoms with Gasteiger partial charge in [0.2, 0.25) is 0 Å². The molecule has 126 valence electrons. The lowest BCUT2D eigenvalue weighted by Gasteiger charge is -2.07. The Morgan fingerprint density at radius 1 is 1.21 bits per heavy atom. The summed E-state index contributed by atoms with van der Waals surface area (Å²) in [6.07, 6.45) is 1.43. The van der Waals surface area contributed by atoms with E-state index < -0.39 is 0 Å². The molecule has 0 heterocycles. The number of hydrogen-bond donors (Lipinski definition) is 2. The summed E-state index contributed by atoms with van der Waals surface area (Å²) in [7, 11) is 0. The van der Waals surface area contributed by atoms with Gasteiger partial charge in [0.15, 0.2) is 6.61 Å². The Morgan fingerprint density at radius 3 is 2.67 bits per heavy atom. The molecule has 5 nitrogen and oxygen atoms in total. The van der Waals surface area contributed by atoms with Crippen molar-refractivity contribution < 1.29 is 14.6 Å². The van der Waals surface area contributed by atoms with E-state index in [4.69, 9.17) is 4.74 Å². The molecule has 0 aliphatic rings. The van der Waals surface area contributed by atoms with Gasteiger partial charge in [0.05, 0.1) is 10.7 Å². The number of hydrogen-bond acceptors (Lipinski definition) is 4. The van der Waals surface area contributed by atoms with Gasteiger partial charge in [0, 0.05) is 10.0 Å². The lowest BCUT2D eigenvalue weighted by atomic mass is 10.1. The van der Waals surface area contributed by atoms with Crippen LogP contribution in [0.15, 0.2) is 44.4 Å². The highest BCUT2D eigenvalue weighted by Gasteiger charge is 2.05. The van der Waals surface area contributed by atoms with Gasteiger partial charge in [0.1, 0.15) is 11.5 Å². The number of hydrazone groups is 1. The minimum absolute atomic E-state index is 0.0871. The lowest BCUT2D eigenvalue weighted by molar-refractivity contribution is -0.123. The zero-order chi connectivity index (χ0) is 17.7. The molecule has 0 radical (unpaired) electrons. The quantitative estimate of drug-likeness (QED) is 0.527. The molecule has 0 saturated carbocycles. The largest absolute Gasteiger partial charge is 0.507 e. The van der Waals surface area contributed by atoms with Crippen molar-refractivity contribution in [3.63, 3.8) is 0 Å². The van der Waals surface area contributed by atoms with E-state index in [-0.39, 0.29) is 18.3 Å². The maximum atomic E-state index is 11.7. The highest BCUT2D eigenvalue weighted by atomic mass is 79.9. The number of aromatic hydroxyl groups is 1. The third-order valence-electron chi connectivity index (χ3n) is 3.31. The number of ether oxygens (including phenoxy) is 1. The van der Waals surface area contributed by atoms with Gasteiger partial charge >= 0.3 is 0 Å². The van der Waals surface area contributed by atoms with Crippen LogP contribution >= 0.6 is 31.9 Å². The van der Waals surface area contributed by atoms with E-state index >= 15 is 0 Å². The van der Waals surface area contributed by atoms with Crippen LogP contribution in [0.1, 0.15) is 16.7 Å². The number of amides is 1. The fourth-order valence-electron chi connectivity index (χ4n) is 1.81. The van der Waals surface area contributed by atoms with Gasteiger partial charge in [0.25, 0.3) is 5.91 Å². The zero-order valence-electron chi connectivity index (χ0n) is 13.1. The Kier molecular flexibility index (Phi) is 6.39. The van der Waals surface area contributed by atoms with Gasteiger partial charge in [-0.15, -0.1) is 0 Å². The number of carbonyl (C=O) groups is 1. The molecule has 0 spiro atoms. The fourth-order valence-corrected chi connectivity index (χ4v) is 2.91. The SMILES string of the molecule is Cc1ccc(OCC(=O)NN=Cc2cc(O)c(Br)cc2Br)cc1C. The van der Waals surface area contributed by atoms with Crippen LogP contribution in [0.5, 0.6) is 11.5 Å². The summed E-state index contributed by atoms with van der Waals surface area (Å²) >= 11 is 6.57. The molecule has 0 aromatic heterocycles. The fraction of sp³-hybridized carbons (Fsp3) is 0.176. The Morgan fingerprint density at radius 2 is 1.96 bits per heavy atom. The number of phenols is 1. The number of benzene rings is 2. The molecule has 0 bridgehead atoms. The molecule has 0 aliphatic carbocycles. The molecule has 2 N–H and O–H groups in total. The van der Waals surface area contributed by atoms with Crippen LogP contribution in [0.3, 0.4) is 0 Å². The first-order chi connectivity index (χ1) is 11.4. The molecule has 0 fully saturated rings. The number of nitrogens with zero attached hydrogens (tertiary/aromatic N) is 1. The third kappa shape index (κ3) is 5.07. The number of rotatable bonds is 5. The Balaban J connectivity index is 1.89. The summed E-state index contributed by atoms with van der Waals surface area (Å²) in [5, 5.41) is 13.5. The van der Waals surface area contributed by atoms with Crippen molar-refractivity contribution in [1.29, 1.82) is 0 Å². The standard InChI is InChI=1S/C17H16Br2N2O3/c1-10-3-4-13(5-11(10)2)24-9-17(23)21-20-8-12-6-16(22)15(19)7-14(12)18/h3-8,22H,9H2,1-2H3,(H,21,23). The van der Waals surface area contributed by atoms with Gasteiger partial charge in [-0.3, -0.25) is 4.79 Å². The summed E-state index contributed by atoms with van der Waals surface area (Å²) in [4.78, 5) is 11.7. The second-order valence-electron chi connectivity index (χ2n) is 5.15. The van der Waals surface area contributed by atoms with Gasteiger partial charge < -0.3 is 9.84 Å². The number of carbonyl (C=O) groups excluding carboxylic acids is 1. The van der Waals surface area contributed by atoms with Crippen molar-refractivity contribution in [3.05, 3.63) is 56.0 Å². The highest BCUT2D eigenvalue weighted by molar-refractivity contribution is 9.11. The van der Waals surface area contributed by atoms with Crippen LogP contribution < -0.4 is 10.2 Å². The number of aryl methyl sites for hydroxylation is 2. The van der Waals surface area contributed by atoms with Crippen LogP contribution in [0, 0.1) is 13.8 Å². The average molecular weight is 456 g/mol.